The lowest BCUT2D eigenvalue weighted by Crippen LogP contribution is -2.72. The van der Waals surface area contributed by atoms with Crippen LogP contribution in [0.15, 0.2) is 140 Å². The lowest BCUT2D eigenvalue weighted by molar-refractivity contribution is 0.590. The van der Waals surface area contributed by atoms with Crippen LogP contribution in [0.5, 0.6) is 0 Å². The van der Waals surface area contributed by atoms with Crippen molar-refractivity contribution in [3.8, 4) is 44.5 Å². The van der Waals surface area contributed by atoms with Crippen molar-refractivity contribution < 1.29 is 0 Å². The summed E-state index contributed by atoms with van der Waals surface area (Å²) in [5.41, 5.74) is 36.8. The van der Waals surface area contributed by atoms with Crippen LogP contribution in [0.2, 0.25) is 0 Å². The number of nitrogens with zero attached hydrogens (tertiary/aromatic N) is 4. The van der Waals surface area contributed by atoms with Crippen molar-refractivity contribution in [2.45, 2.75) is 145 Å². The van der Waals surface area contributed by atoms with E-state index in [0.717, 1.165) is 0 Å². The van der Waals surface area contributed by atoms with Gasteiger partial charge in [-0.3, -0.25) is 0 Å². The molecule has 0 unspecified atom stereocenters. The van der Waals surface area contributed by atoms with E-state index in [1.165, 1.54) is 171 Å². The van der Waals surface area contributed by atoms with E-state index in [9.17, 15) is 0 Å². The number of fused-ring (bicyclic) bond motifs is 20. The monoisotopic (exact) mass is 1070 g/mol. The highest BCUT2D eigenvalue weighted by molar-refractivity contribution is 7.06. The Kier molecular flexibility index (Phi) is 9.48. The summed E-state index contributed by atoms with van der Waals surface area (Å²) >= 11 is 0. The van der Waals surface area contributed by atoms with Crippen molar-refractivity contribution in [3.63, 3.8) is 0 Å². The zero-order chi connectivity index (χ0) is 57.4. The van der Waals surface area contributed by atoms with Gasteiger partial charge in [0.1, 0.15) is 0 Å². The molecule has 0 saturated heterocycles. The first-order valence-electron chi connectivity index (χ1n) is 31.0. The highest BCUT2D eigenvalue weighted by Crippen LogP contribution is 2.57. The normalized spacial score (nSPS) is 15.1. The first-order chi connectivity index (χ1) is 39.4. The number of aromatic nitrogens is 2. The molecule has 0 bridgehead atoms. The summed E-state index contributed by atoms with van der Waals surface area (Å²) in [7, 11) is 0. The van der Waals surface area contributed by atoms with Crippen molar-refractivity contribution >= 4 is 125 Å². The molecule has 0 amide bonds. The molecule has 11 aromatic rings. The molecule has 7 heteroatoms. The SMILES string of the molecule is CC(C)n1c2ccccc2c2cc3c(cc21)-c1cc2c4c5c1N1B3c3cc(C(C)(C)C)ccc3-c3cc(C(C)(C)C)cc(c31)B5c1cc(C(C)(C)C)cc3c1N4B(c1cc(C(C)(C)C)ccc1-3)c1cc3c4ccccc4n(C(C)C)c3cc1-2. The Balaban J connectivity index is 1.12. The molecule has 0 spiro atoms. The van der Waals surface area contributed by atoms with Crippen molar-refractivity contribution in [2.75, 3.05) is 9.62 Å². The molecule has 8 heterocycles. The maximum absolute atomic E-state index is 2.92. The van der Waals surface area contributed by atoms with Gasteiger partial charge in [0, 0.05) is 101 Å². The number of hydrogen-bond acceptors (Lipinski definition) is 2. The van der Waals surface area contributed by atoms with Gasteiger partial charge in [0.15, 0.2) is 0 Å². The second-order valence-electron chi connectivity index (χ2n) is 30.5. The molecule has 4 nitrogen and oxygen atoms in total. The smallest absolute Gasteiger partial charge is 0.329 e. The second kappa shape index (κ2) is 15.8. The summed E-state index contributed by atoms with van der Waals surface area (Å²) in [5, 5.41) is 5.32. The molecule has 0 N–H and O–H groups in total. The molecule has 6 aliphatic heterocycles. The molecular weight excluding hydrogens is 1000 g/mol. The van der Waals surface area contributed by atoms with E-state index in [-0.39, 0.29) is 54.2 Å². The summed E-state index contributed by atoms with van der Waals surface area (Å²) in [4.78, 5) is 5.84. The Bertz CT molecular complexity index is 4520. The maximum atomic E-state index is 2.92. The van der Waals surface area contributed by atoms with Gasteiger partial charge in [-0.25, -0.2) is 0 Å². The molecular formula is C76H73B3N4. The summed E-state index contributed by atoms with van der Waals surface area (Å²) < 4.78 is 5.23. The molecule has 2 aromatic heterocycles. The average molecular weight is 1070 g/mol. The van der Waals surface area contributed by atoms with E-state index in [1.807, 2.05) is 0 Å². The highest BCUT2D eigenvalue weighted by atomic mass is 15.1. The molecule has 9 aromatic carbocycles. The first-order valence-corrected chi connectivity index (χ1v) is 31.0. The zero-order valence-corrected chi connectivity index (χ0v) is 51.5. The molecule has 406 valence electrons. The summed E-state index contributed by atoms with van der Waals surface area (Å²) in [6.45, 7) is 38.2. The third-order valence-corrected chi connectivity index (χ3v) is 20.7. The number of hydrogen-bond donors (Lipinski definition) is 0. The van der Waals surface area contributed by atoms with Crippen LogP contribution in [-0.2, 0) is 21.7 Å². The van der Waals surface area contributed by atoms with Crippen LogP contribution in [0, 0.1) is 0 Å². The van der Waals surface area contributed by atoms with Gasteiger partial charge >= 0.3 is 13.7 Å². The number of benzene rings is 9. The zero-order valence-electron chi connectivity index (χ0n) is 51.5. The summed E-state index contributed by atoms with van der Waals surface area (Å²) in [6, 6.07) is 57.9. The van der Waals surface area contributed by atoms with Crippen LogP contribution in [0.3, 0.4) is 0 Å². The van der Waals surface area contributed by atoms with E-state index in [4.69, 9.17) is 0 Å². The number of para-hydroxylation sites is 2. The molecule has 17 rings (SSSR count). The van der Waals surface area contributed by atoms with Crippen LogP contribution in [-0.4, -0.2) is 29.5 Å². The molecule has 0 atom stereocenters. The molecule has 6 aliphatic rings. The quantitative estimate of drug-likeness (QED) is 0.160. The summed E-state index contributed by atoms with van der Waals surface area (Å²) in [5.74, 6) is 0. The van der Waals surface area contributed by atoms with Crippen molar-refractivity contribution in [3.05, 3.63) is 162 Å². The van der Waals surface area contributed by atoms with Crippen molar-refractivity contribution in [2.24, 2.45) is 0 Å². The minimum absolute atomic E-state index is 0.0369. The Labute approximate surface area is 491 Å². The average Bonchev–Trinajstić information content (AvgIpc) is 1.19. The van der Waals surface area contributed by atoms with E-state index in [1.54, 1.807) is 0 Å². The van der Waals surface area contributed by atoms with Crippen LogP contribution < -0.4 is 47.9 Å². The summed E-state index contributed by atoms with van der Waals surface area (Å²) in [6.07, 6.45) is 0. The van der Waals surface area contributed by atoms with Gasteiger partial charge < -0.3 is 18.8 Å². The van der Waals surface area contributed by atoms with Crippen molar-refractivity contribution in [1.29, 1.82) is 0 Å². The standard InChI is InChI=1S/C76H73B3N4/c1-40(2)80-64-23-19-17-21-48(64)52-36-60-50(38-66(52)80)56-35-57-51-39-67-53(49-22-18-20-24-65(49)81(67)41(3)4)37-61(51)79-59-32-43(74(8,9)10)26-28-47(59)55-30-45(76(14,15)16)34-63-70(55)83(79)72(57)68-71(56)82-69-54(29-44(75(11,12)13)33-62(69)77(63)68)46-27-25-42(73(5,6)7)31-58(46)78(60)82/h17-41H,1-16H3. The van der Waals surface area contributed by atoms with Gasteiger partial charge in [-0.1, -0.05) is 180 Å². The molecule has 0 radical (unpaired) electrons. The largest absolute Gasteiger partial charge is 0.377 e. The van der Waals surface area contributed by atoms with E-state index < -0.39 is 0 Å². The minimum atomic E-state index is -0.110. The third kappa shape index (κ3) is 6.32. The molecule has 0 saturated carbocycles. The molecule has 0 aliphatic carbocycles. The predicted molar refractivity (Wildman–Crippen MR) is 362 cm³/mol. The van der Waals surface area contributed by atoms with Crippen LogP contribution in [0.4, 0.5) is 22.7 Å². The van der Waals surface area contributed by atoms with Gasteiger partial charge in [-0.15, -0.1) is 0 Å². The molecule has 0 fully saturated rings. The number of rotatable bonds is 2. The lowest BCUT2D eigenvalue weighted by Gasteiger charge is -2.55. The lowest BCUT2D eigenvalue weighted by atomic mass is 9.28. The maximum Gasteiger partial charge on any atom is 0.329 e. The van der Waals surface area contributed by atoms with Crippen molar-refractivity contribution in [1.82, 2.24) is 9.13 Å². The van der Waals surface area contributed by atoms with Gasteiger partial charge in [0.2, 0.25) is 0 Å². The van der Waals surface area contributed by atoms with E-state index in [2.05, 4.69) is 269 Å². The van der Waals surface area contributed by atoms with Crippen LogP contribution in [0.1, 0.15) is 145 Å². The Morgan fingerprint density at radius 3 is 1.05 bits per heavy atom. The van der Waals surface area contributed by atoms with Crippen LogP contribution >= 0.6 is 0 Å². The minimum Gasteiger partial charge on any atom is -0.377 e. The fourth-order valence-corrected chi connectivity index (χ4v) is 16.7. The molecule has 83 heavy (non-hydrogen) atoms. The van der Waals surface area contributed by atoms with Gasteiger partial charge in [0.05, 0.1) is 0 Å². The Hall–Kier alpha value is -7.63. The first kappa shape index (κ1) is 49.9. The Morgan fingerprint density at radius 1 is 0.301 bits per heavy atom. The topological polar surface area (TPSA) is 16.3 Å². The van der Waals surface area contributed by atoms with Crippen LogP contribution in [0.25, 0.3) is 88.1 Å². The van der Waals surface area contributed by atoms with Gasteiger partial charge in [0.25, 0.3) is 6.71 Å². The Morgan fingerprint density at radius 2 is 0.663 bits per heavy atom. The van der Waals surface area contributed by atoms with E-state index >= 15 is 0 Å². The van der Waals surface area contributed by atoms with Gasteiger partial charge in [-0.05, 0) is 175 Å². The highest BCUT2D eigenvalue weighted by Gasteiger charge is 2.57. The third-order valence-electron chi connectivity index (χ3n) is 20.7. The predicted octanol–water partition coefficient (Wildman–Crippen LogP) is 15.2. The fraction of sp³-hybridized carbons (Fsp3) is 0.289. The van der Waals surface area contributed by atoms with E-state index in [0.29, 0.717) is 0 Å². The van der Waals surface area contributed by atoms with Gasteiger partial charge in [-0.2, -0.15) is 0 Å². The number of anilines is 4. The second-order valence-corrected chi connectivity index (χ2v) is 30.5. The fourth-order valence-electron chi connectivity index (χ4n) is 16.7.